The lowest BCUT2D eigenvalue weighted by molar-refractivity contribution is -0.177. The van der Waals surface area contributed by atoms with E-state index < -0.39 is 40.9 Å². The zero-order valence-electron chi connectivity index (χ0n) is 22.0. The number of halogens is 3. The van der Waals surface area contributed by atoms with Gasteiger partial charge in [0, 0.05) is 30.2 Å². The second kappa shape index (κ2) is 8.95. The highest BCUT2D eigenvalue weighted by Crippen LogP contribution is 2.44. The van der Waals surface area contributed by atoms with E-state index in [0.717, 1.165) is 24.2 Å². The van der Waals surface area contributed by atoms with Crippen LogP contribution >= 0.6 is 0 Å². The Morgan fingerprint density at radius 3 is 2.54 bits per heavy atom. The van der Waals surface area contributed by atoms with Crippen molar-refractivity contribution in [2.24, 2.45) is 0 Å². The molecule has 198 valence electrons. The van der Waals surface area contributed by atoms with Gasteiger partial charge in [-0.05, 0) is 65.4 Å². The molecule has 3 aromatic rings. The monoisotopic (exact) mass is 515 g/mol. The van der Waals surface area contributed by atoms with Gasteiger partial charge in [0.15, 0.2) is 0 Å². The van der Waals surface area contributed by atoms with Crippen LogP contribution in [0.1, 0.15) is 56.3 Å². The number of aliphatic hydroxyl groups is 1. The van der Waals surface area contributed by atoms with Crippen molar-refractivity contribution in [3.63, 3.8) is 0 Å². The van der Waals surface area contributed by atoms with E-state index in [-0.39, 0.29) is 11.5 Å². The number of aromatic nitrogens is 2. The Bertz CT molecular complexity index is 1390. The summed E-state index contributed by atoms with van der Waals surface area (Å²) < 4.78 is 45.9. The summed E-state index contributed by atoms with van der Waals surface area (Å²) in [5.74, 6) is -4.15. The Labute approximate surface area is 214 Å². The second-order valence-electron chi connectivity index (χ2n) is 10.4. The molecule has 0 fully saturated rings. The summed E-state index contributed by atoms with van der Waals surface area (Å²) in [6.07, 6.45) is 0. The number of nitrogens with zero attached hydrogens (tertiary/aromatic N) is 3. The van der Waals surface area contributed by atoms with Crippen molar-refractivity contribution in [1.82, 2.24) is 15.3 Å². The molecule has 0 bridgehead atoms. The van der Waals surface area contributed by atoms with Gasteiger partial charge in [0.1, 0.15) is 23.1 Å². The molecule has 7 nitrogen and oxygen atoms in total. The van der Waals surface area contributed by atoms with Crippen LogP contribution in [0, 0.1) is 12.7 Å². The fourth-order valence-electron chi connectivity index (χ4n) is 4.97. The van der Waals surface area contributed by atoms with E-state index in [4.69, 9.17) is 0 Å². The van der Waals surface area contributed by atoms with Crippen LogP contribution in [0.25, 0.3) is 10.9 Å². The van der Waals surface area contributed by atoms with Crippen LogP contribution in [0.5, 0.6) is 0 Å². The van der Waals surface area contributed by atoms with E-state index >= 15 is 13.2 Å². The molecule has 0 unspecified atom stereocenters. The number of likely N-dealkylation sites (N-methyl/N-ethyl adjacent to an activating group) is 2. The summed E-state index contributed by atoms with van der Waals surface area (Å²) >= 11 is 0. The number of rotatable bonds is 7. The van der Waals surface area contributed by atoms with Crippen molar-refractivity contribution in [3.05, 3.63) is 58.7 Å². The summed E-state index contributed by atoms with van der Waals surface area (Å²) in [6, 6.07) is 6.67. The van der Waals surface area contributed by atoms with E-state index in [9.17, 15) is 9.90 Å². The maximum Gasteiger partial charge on any atom is 0.305 e. The molecule has 2 atom stereocenters. The number of fused-ring (bicyclic) bond motifs is 2. The highest BCUT2D eigenvalue weighted by Gasteiger charge is 2.52. The predicted molar refractivity (Wildman–Crippen MR) is 138 cm³/mol. The van der Waals surface area contributed by atoms with E-state index in [1.807, 2.05) is 26.0 Å². The SMILES string of the molecule is CNC[C@](C)(O)C(F)(F)c1cccc([C@@H](C)Nc2nc(C)nc3cc4c(cc23)N(C)C(=O)C4(C)C)c1F. The van der Waals surface area contributed by atoms with Crippen molar-refractivity contribution >= 4 is 28.3 Å². The molecule has 0 spiro atoms. The number of carbonyl (C=O) groups is 1. The number of benzene rings is 2. The number of aryl methyl sites for hydroxylation is 1. The Morgan fingerprint density at radius 2 is 1.89 bits per heavy atom. The lowest BCUT2D eigenvalue weighted by atomic mass is 9.85. The van der Waals surface area contributed by atoms with Crippen LogP contribution in [0.2, 0.25) is 0 Å². The standard InChI is InChI=1S/C27H32F3N5O2/c1-14(16-9-8-10-18(22(16)28)27(29,30)26(5,37)13-31-6)32-23-17-11-21-19(12-20(17)33-15(2)34-23)25(3,4)24(36)35(21)7/h8-12,14,31,37H,13H2,1-7H3,(H,32,33,34)/t14-,26+/m1/s1. The fourth-order valence-corrected chi connectivity index (χ4v) is 4.97. The molecule has 0 radical (unpaired) electrons. The summed E-state index contributed by atoms with van der Waals surface area (Å²) in [6.45, 7) is 7.62. The van der Waals surface area contributed by atoms with Gasteiger partial charge in [0.05, 0.1) is 22.5 Å². The topological polar surface area (TPSA) is 90.4 Å². The number of hydrogen-bond acceptors (Lipinski definition) is 6. The van der Waals surface area contributed by atoms with Crippen molar-refractivity contribution in [1.29, 1.82) is 0 Å². The van der Waals surface area contributed by atoms with Gasteiger partial charge in [-0.1, -0.05) is 12.1 Å². The lowest BCUT2D eigenvalue weighted by Gasteiger charge is -2.33. The molecule has 10 heteroatoms. The first-order valence-electron chi connectivity index (χ1n) is 12.0. The van der Waals surface area contributed by atoms with E-state index in [0.29, 0.717) is 22.5 Å². The Kier molecular flexibility index (Phi) is 6.49. The molecule has 4 rings (SSSR count). The third-order valence-electron chi connectivity index (χ3n) is 7.18. The van der Waals surface area contributed by atoms with E-state index in [1.54, 1.807) is 25.8 Å². The minimum Gasteiger partial charge on any atom is -0.382 e. The van der Waals surface area contributed by atoms with E-state index in [1.165, 1.54) is 19.2 Å². The summed E-state index contributed by atoms with van der Waals surface area (Å²) in [7, 11) is 3.14. The predicted octanol–water partition coefficient (Wildman–Crippen LogP) is 4.57. The maximum absolute atomic E-state index is 15.5. The quantitative estimate of drug-likeness (QED) is 0.427. The zero-order chi connectivity index (χ0) is 27.5. The highest BCUT2D eigenvalue weighted by atomic mass is 19.3. The molecule has 1 aliphatic rings. The molecule has 0 saturated carbocycles. The first kappa shape index (κ1) is 26.8. The van der Waals surface area contributed by atoms with Gasteiger partial charge in [-0.15, -0.1) is 0 Å². The summed E-state index contributed by atoms with van der Waals surface area (Å²) in [4.78, 5) is 23.4. The number of hydrogen-bond donors (Lipinski definition) is 3. The van der Waals surface area contributed by atoms with Gasteiger partial charge in [0.2, 0.25) is 5.91 Å². The number of amides is 1. The fraction of sp³-hybridized carbons (Fsp3) is 0.444. The third-order valence-corrected chi connectivity index (χ3v) is 7.18. The smallest absolute Gasteiger partial charge is 0.305 e. The maximum atomic E-state index is 15.5. The largest absolute Gasteiger partial charge is 0.382 e. The minimum absolute atomic E-state index is 0.00330. The molecule has 0 aliphatic carbocycles. The van der Waals surface area contributed by atoms with Gasteiger partial charge in [0.25, 0.3) is 0 Å². The van der Waals surface area contributed by atoms with Crippen LogP contribution in [0.3, 0.4) is 0 Å². The van der Waals surface area contributed by atoms with Gasteiger partial charge in [-0.25, -0.2) is 14.4 Å². The highest BCUT2D eigenvalue weighted by molar-refractivity contribution is 6.10. The van der Waals surface area contributed by atoms with Crippen LogP contribution in [0.4, 0.5) is 24.7 Å². The van der Waals surface area contributed by atoms with Crippen molar-refractivity contribution in [2.75, 3.05) is 30.9 Å². The molecule has 37 heavy (non-hydrogen) atoms. The number of alkyl halides is 2. The molecule has 2 heterocycles. The molecular weight excluding hydrogens is 483 g/mol. The molecule has 0 saturated heterocycles. The molecule has 3 N–H and O–H groups in total. The Hall–Kier alpha value is -3.24. The first-order valence-corrected chi connectivity index (χ1v) is 12.0. The normalized spacial score (nSPS) is 17.6. The third kappa shape index (κ3) is 4.21. The van der Waals surface area contributed by atoms with Crippen molar-refractivity contribution < 1.29 is 23.1 Å². The molecular formula is C27H32F3N5O2. The van der Waals surface area contributed by atoms with Crippen LogP contribution < -0.4 is 15.5 Å². The molecule has 1 aromatic heterocycles. The number of nitrogens with one attached hydrogen (secondary N) is 2. The summed E-state index contributed by atoms with van der Waals surface area (Å²) in [5.41, 5.74) is -1.92. The minimum atomic E-state index is -3.85. The zero-order valence-corrected chi connectivity index (χ0v) is 22.0. The number of anilines is 2. The molecule has 2 aromatic carbocycles. The van der Waals surface area contributed by atoms with Gasteiger partial charge >= 0.3 is 5.92 Å². The number of carbonyl (C=O) groups excluding carboxylic acids is 1. The summed E-state index contributed by atoms with van der Waals surface area (Å²) in [5, 5.41) is 16.6. The average Bonchev–Trinajstić information content (AvgIpc) is 2.97. The molecule has 1 amide bonds. The Balaban J connectivity index is 1.76. The van der Waals surface area contributed by atoms with E-state index in [2.05, 4.69) is 20.6 Å². The lowest BCUT2D eigenvalue weighted by Crippen LogP contribution is -2.50. The van der Waals surface area contributed by atoms with Crippen LogP contribution in [-0.4, -0.2) is 47.2 Å². The van der Waals surface area contributed by atoms with Gasteiger partial charge < -0.3 is 20.6 Å². The van der Waals surface area contributed by atoms with Crippen molar-refractivity contribution in [2.45, 2.75) is 57.6 Å². The van der Waals surface area contributed by atoms with Crippen LogP contribution in [-0.2, 0) is 16.1 Å². The van der Waals surface area contributed by atoms with Crippen LogP contribution in [0.15, 0.2) is 30.3 Å². The van der Waals surface area contributed by atoms with Crippen molar-refractivity contribution in [3.8, 4) is 0 Å². The molecule has 1 aliphatic heterocycles. The Morgan fingerprint density at radius 1 is 1.22 bits per heavy atom. The second-order valence-corrected chi connectivity index (χ2v) is 10.4. The average molecular weight is 516 g/mol. The van der Waals surface area contributed by atoms with Gasteiger partial charge in [-0.3, -0.25) is 4.79 Å². The van der Waals surface area contributed by atoms with Gasteiger partial charge in [-0.2, -0.15) is 8.78 Å². The first-order chi connectivity index (χ1) is 17.1.